The largest absolute Gasteiger partial charge is 0.481 e. The maximum absolute atomic E-state index is 12.1. The quantitative estimate of drug-likeness (QED) is 0.118. The average molecular weight is 673 g/mol. The molecule has 0 saturated carbocycles. The Morgan fingerprint density at radius 3 is 2.30 bits per heavy atom. The fourth-order valence-electron chi connectivity index (χ4n) is 6.47. The summed E-state index contributed by atoms with van der Waals surface area (Å²) in [4.78, 5) is 25.2. The van der Waals surface area contributed by atoms with Gasteiger partial charge in [0.2, 0.25) is 5.91 Å². The van der Waals surface area contributed by atoms with E-state index in [9.17, 15) is 14.7 Å². The van der Waals surface area contributed by atoms with Crippen LogP contribution >= 0.6 is 0 Å². The lowest BCUT2D eigenvalue weighted by molar-refractivity contribution is -0.253. The second-order valence-corrected chi connectivity index (χ2v) is 13.1. The molecule has 1 fully saturated rings. The number of hydrogen-bond donors (Lipinski definition) is 3. The standard InChI is InChI=1S/C42H44N2O6/c1-28(33-18-17-31-8-3-4-9-35(31)22-33)44(2)26-38-24-39(32-15-13-29(27-45)14-16-32)50-42(49-38)37-12-6-11-36(23-37)34-10-5-7-30(21-34)25-43-40(46)19-20-41(47)48/h3-18,21-23,28,38-39,42,45H,19-20,24-27H2,1-2H3,(H,43,46)(H,47,48)/t28-,38-,39+,42+/m1/s1. The zero-order valence-electron chi connectivity index (χ0n) is 28.5. The van der Waals surface area contributed by atoms with Crippen molar-refractivity contribution in [3.05, 3.63) is 143 Å². The molecule has 0 unspecified atom stereocenters. The highest BCUT2D eigenvalue weighted by molar-refractivity contribution is 5.83. The molecule has 0 aromatic heterocycles. The highest BCUT2D eigenvalue weighted by Crippen LogP contribution is 2.39. The van der Waals surface area contributed by atoms with Gasteiger partial charge in [0.1, 0.15) is 0 Å². The molecule has 0 aliphatic carbocycles. The Labute approximate surface area is 293 Å². The van der Waals surface area contributed by atoms with Crippen molar-refractivity contribution in [2.45, 2.75) is 63.9 Å². The predicted molar refractivity (Wildman–Crippen MR) is 194 cm³/mol. The minimum absolute atomic E-state index is 0.0112. The minimum atomic E-state index is -0.993. The number of rotatable bonds is 13. The molecule has 1 aliphatic rings. The Balaban J connectivity index is 1.20. The number of carboxylic acids is 1. The fraction of sp³-hybridized carbons (Fsp3) is 0.286. The first-order valence-electron chi connectivity index (χ1n) is 17.1. The van der Waals surface area contributed by atoms with Gasteiger partial charge < -0.3 is 25.0 Å². The first kappa shape index (κ1) is 35.0. The fourth-order valence-corrected chi connectivity index (χ4v) is 6.47. The Hall–Kier alpha value is -4.86. The Kier molecular flexibility index (Phi) is 11.4. The molecule has 1 amide bonds. The maximum atomic E-state index is 12.1. The van der Waals surface area contributed by atoms with Crippen LogP contribution in [0.5, 0.6) is 0 Å². The molecule has 0 radical (unpaired) electrons. The van der Waals surface area contributed by atoms with Gasteiger partial charge >= 0.3 is 5.97 Å². The van der Waals surface area contributed by atoms with E-state index in [4.69, 9.17) is 14.6 Å². The summed E-state index contributed by atoms with van der Waals surface area (Å²) >= 11 is 0. The van der Waals surface area contributed by atoms with Crippen LogP contribution in [0.15, 0.2) is 115 Å². The number of carboxylic acid groups (broad SMARTS) is 1. The van der Waals surface area contributed by atoms with Crippen LogP contribution in [-0.2, 0) is 32.2 Å². The van der Waals surface area contributed by atoms with Crippen LogP contribution in [0.1, 0.15) is 72.4 Å². The van der Waals surface area contributed by atoms with Crippen LogP contribution in [0, 0.1) is 0 Å². The van der Waals surface area contributed by atoms with Crippen LogP contribution in [0.3, 0.4) is 0 Å². The molecule has 8 heteroatoms. The zero-order chi connectivity index (χ0) is 35.0. The van der Waals surface area contributed by atoms with Gasteiger partial charge in [-0.2, -0.15) is 0 Å². The van der Waals surface area contributed by atoms with Gasteiger partial charge in [0.15, 0.2) is 6.29 Å². The summed E-state index contributed by atoms with van der Waals surface area (Å²) in [5, 5.41) is 23.7. The summed E-state index contributed by atoms with van der Waals surface area (Å²) in [5.41, 5.74) is 6.94. The van der Waals surface area contributed by atoms with Gasteiger partial charge in [0.05, 0.1) is 25.2 Å². The second-order valence-electron chi connectivity index (χ2n) is 13.1. The lowest BCUT2D eigenvalue weighted by atomic mass is 9.97. The molecule has 0 spiro atoms. The normalized spacial score (nSPS) is 18.2. The van der Waals surface area contributed by atoms with Gasteiger partial charge in [-0.15, -0.1) is 0 Å². The van der Waals surface area contributed by atoms with Crippen molar-refractivity contribution in [2.75, 3.05) is 13.6 Å². The molecule has 1 heterocycles. The molecule has 5 aromatic carbocycles. The monoisotopic (exact) mass is 672 g/mol. The van der Waals surface area contributed by atoms with Gasteiger partial charge in [0.25, 0.3) is 0 Å². The number of benzene rings is 5. The lowest BCUT2D eigenvalue weighted by Gasteiger charge is -2.39. The van der Waals surface area contributed by atoms with Crippen molar-refractivity contribution in [3.63, 3.8) is 0 Å². The average Bonchev–Trinajstić information content (AvgIpc) is 3.15. The van der Waals surface area contributed by atoms with Gasteiger partial charge in [-0.25, -0.2) is 0 Å². The minimum Gasteiger partial charge on any atom is -0.481 e. The van der Waals surface area contributed by atoms with E-state index in [2.05, 4.69) is 72.7 Å². The van der Waals surface area contributed by atoms with Crippen molar-refractivity contribution >= 4 is 22.6 Å². The van der Waals surface area contributed by atoms with E-state index in [1.807, 2.05) is 66.7 Å². The van der Waals surface area contributed by atoms with E-state index in [-0.39, 0.29) is 43.6 Å². The van der Waals surface area contributed by atoms with Crippen molar-refractivity contribution in [1.82, 2.24) is 10.2 Å². The topological polar surface area (TPSA) is 108 Å². The van der Waals surface area contributed by atoms with Crippen molar-refractivity contribution < 1.29 is 29.3 Å². The molecule has 258 valence electrons. The van der Waals surface area contributed by atoms with Crippen molar-refractivity contribution in [3.8, 4) is 11.1 Å². The Morgan fingerprint density at radius 2 is 1.54 bits per heavy atom. The molecule has 0 bridgehead atoms. The third-order valence-electron chi connectivity index (χ3n) is 9.50. The number of amides is 1. The van der Waals surface area contributed by atoms with Gasteiger partial charge in [0, 0.05) is 37.5 Å². The Bertz CT molecular complexity index is 1930. The van der Waals surface area contributed by atoms with E-state index in [1.54, 1.807) is 0 Å². The number of aliphatic carboxylic acids is 1. The first-order valence-corrected chi connectivity index (χ1v) is 17.1. The van der Waals surface area contributed by atoms with Gasteiger partial charge in [-0.05, 0) is 76.3 Å². The molecule has 6 rings (SSSR count). The summed E-state index contributed by atoms with van der Waals surface area (Å²) in [5.74, 6) is -1.29. The van der Waals surface area contributed by atoms with Crippen LogP contribution < -0.4 is 5.32 Å². The molecular weight excluding hydrogens is 628 g/mol. The number of nitrogens with zero attached hydrogens (tertiary/aromatic N) is 1. The summed E-state index contributed by atoms with van der Waals surface area (Å²) in [6.07, 6.45) is -0.474. The number of carbonyl (C=O) groups is 2. The Morgan fingerprint density at radius 1 is 0.800 bits per heavy atom. The number of aliphatic hydroxyl groups is 1. The third-order valence-corrected chi connectivity index (χ3v) is 9.50. The van der Waals surface area contributed by atoms with Gasteiger partial charge in [-0.3, -0.25) is 14.5 Å². The zero-order valence-corrected chi connectivity index (χ0v) is 28.5. The molecule has 1 aliphatic heterocycles. The van der Waals surface area contributed by atoms with E-state index in [1.165, 1.54) is 16.3 Å². The predicted octanol–water partition coefficient (Wildman–Crippen LogP) is 7.72. The van der Waals surface area contributed by atoms with E-state index in [0.29, 0.717) is 19.5 Å². The number of carbonyl (C=O) groups excluding carboxylic acids is 1. The van der Waals surface area contributed by atoms with Crippen molar-refractivity contribution in [1.29, 1.82) is 0 Å². The van der Waals surface area contributed by atoms with E-state index in [0.717, 1.165) is 33.4 Å². The highest BCUT2D eigenvalue weighted by Gasteiger charge is 2.33. The number of ether oxygens (including phenoxy) is 2. The number of likely N-dealkylation sites (N-methyl/N-ethyl adjacent to an activating group) is 1. The van der Waals surface area contributed by atoms with Crippen LogP contribution in [0.25, 0.3) is 21.9 Å². The maximum Gasteiger partial charge on any atom is 0.303 e. The number of aliphatic hydroxyl groups excluding tert-OH is 1. The van der Waals surface area contributed by atoms with Crippen LogP contribution in [-0.4, -0.2) is 46.7 Å². The van der Waals surface area contributed by atoms with Crippen molar-refractivity contribution in [2.24, 2.45) is 0 Å². The first-order chi connectivity index (χ1) is 24.2. The molecular formula is C42H44N2O6. The molecule has 8 nitrogen and oxygen atoms in total. The molecule has 3 N–H and O–H groups in total. The van der Waals surface area contributed by atoms with E-state index >= 15 is 0 Å². The summed E-state index contributed by atoms with van der Waals surface area (Å²) < 4.78 is 13.4. The number of hydrogen-bond acceptors (Lipinski definition) is 6. The molecule has 50 heavy (non-hydrogen) atoms. The second kappa shape index (κ2) is 16.2. The van der Waals surface area contributed by atoms with E-state index < -0.39 is 12.3 Å². The molecule has 1 saturated heterocycles. The number of nitrogens with one attached hydrogen (secondary N) is 1. The lowest BCUT2D eigenvalue weighted by Crippen LogP contribution is -2.38. The molecule has 5 aromatic rings. The number of fused-ring (bicyclic) bond motifs is 1. The highest BCUT2D eigenvalue weighted by atomic mass is 16.7. The SMILES string of the molecule is C[C@H](c1ccc2ccccc2c1)N(C)C[C@H]1C[C@@H](c2ccc(CO)cc2)O[C@@H](c2cccc(-c3cccc(CNC(=O)CCC(=O)O)c3)c2)O1. The summed E-state index contributed by atoms with van der Waals surface area (Å²) in [6, 6.07) is 39.3. The smallest absolute Gasteiger partial charge is 0.303 e. The van der Waals surface area contributed by atoms with Crippen LogP contribution in [0.4, 0.5) is 0 Å². The summed E-state index contributed by atoms with van der Waals surface area (Å²) in [6.45, 7) is 3.23. The molecule has 4 atom stereocenters. The third kappa shape index (κ3) is 8.83. The van der Waals surface area contributed by atoms with Crippen LogP contribution in [0.2, 0.25) is 0 Å². The summed E-state index contributed by atoms with van der Waals surface area (Å²) in [7, 11) is 2.14. The van der Waals surface area contributed by atoms with Gasteiger partial charge in [-0.1, -0.05) is 97.1 Å².